The maximum atomic E-state index is 11.8. The number of hydrogen-bond donors (Lipinski definition) is 2. The van der Waals surface area contributed by atoms with E-state index in [4.69, 9.17) is 14.0 Å². The van der Waals surface area contributed by atoms with Crippen molar-refractivity contribution in [1.82, 2.24) is 10.5 Å². The Balaban J connectivity index is 1.80. The lowest BCUT2D eigenvalue weighted by Gasteiger charge is -2.06. The van der Waals surface area contributed by atoms with Crippen LogP contribution in [0.2, 0.25) is 0 Å². The van der Waals surface area contributed by atoms with Crippen LogP contribution in [0.1, 0.15) is 30.3 Å². The van der Waals surface area contributed by atoms with Crippen LogP contribution in [0.5, 0.6) is 0 Å². The molecule has 0 aliphatic rings. The molecule has 0 fully saturated rings. The van der Waals surface area contributed by atoms with E-state index in [1.165, 1.54) is 12.3 Å². The van der Waals surface area contributed by atoms with Gasteiger partial charge in [0.15, 0.2) is 11.5 Å². The van der Waals surface area contributed by atoms with E-state index in [0.717, 1.165) is 0 Å². The summed E-state index contributed by atoms with van der Waals surface area (Å²) < 4.78 is 10.2. The summed E-state index contributed by atoms with van der Waals surface area (Å²) in [7, 11) is 0. The monoisotopic (exact) mass is 292 g/mol. The number of aromatic nitrogens is 1. The molecule has 0 aliphatic heterocycles. The Kier molecular flexibility index (Phi) is 4.76. The van der Waals surface area contributed by atoms with Crippen molar-refractivity contribution in [2.45, 2.75) is 19.8 Å². The summed E-state index contributed by atoms with van der Waals surface area (Å²) in [6.07, 6.45) is 2.59. The third-order valence-electron chi connectivity index (χ3n) is 3.03. The molecule has 21 heavy (non-hydrogen) atoms. The highest BCUT2D eigenvalue weighted by atomic mass is 16.5. The number of furan rings is 1. The largest absolute Gasteiger partial charge is 0.481 e. The Morgan fingerprint density at radius 2 is 2.24 bits per heavy atom. The van der Waals surface area contributed by atoms with Gasteiger partial charge >= 0.3 is 5.97 Å². The number of hydrogen-bond acceptors (Lipinski definition) is 5. The highest BCUT2D eigenvalue weighted by molar-refractivity contribution is 5.92. The van der Waals surface area contributed by atoms with Gasteiger partial charge in [-0.05, 0) is 25.0 Å². The zero-order valence-corrected chi connectivity index (χ0v) is 11.5. The SMILES string of the molecule is CC(CCCNC(=O)c1cc(-c2ccco2)on1)C(=O)O. The van der Waals surface area contributed by atoms with Gasteiger partial charge in [-0.25, -0.2) is 0 Å². The first-order chi connectivity index (χ1) is 10.1. The van der Waals surface area contributed by atoms with Crippen molar-refractivity contribution in [3.8, 4) is 11.5 Å². The Labute approximate surface area is 120 Å². The Morgan fingerprint density at radius 3 is 2.90 bits per heavy atom. The molecule has 1 amide bonds. The van der Waals surface area contributed by atoms with Crippen molar-refractivity contribution >= 4 is 11.9 Å². The first-order valence-electron chi connectivity index (χ1n) is 6.59. The van der Waals surface area contributed by atoms with Gasteiger partial charge < -0.3 is 19.4 Å². The second-order valence-corrected chi connectivity index (χ2v) is 4.69. The van der Waals surface area contributed by atoms with Gasteiger partial charge in [0.05, 0.1) is 12.2 Å². The van der Waals surface area contributed by atoms with E-state index >= 15 is 0 Å². The zero-order valence-electron chi connectivity index (χ0n) is 11.5. The van der Waals surface area contributed by atoms with Crippen LogP contribution in [0.4, 0.5) is 0 Å². The van der Waals surface area contributed by atoms with Crippen LogP contribution in [-0.4, -0.2) is 28.7 Å². The molecule has 0 radical (unpaired) electrons. The fraction of sp³-hybridized carbons (Fsp3) is 0.357. The average Bonchev–Trinajstić information content (AvgIpc) is 3.12. The fourth-order valence-electron chi connectivity index (χ4n) is 1.74. The number of nitrogens with zero attached hydrogens (tertiary/aromatic N) is 1. The maximum Gasteiger partial charge on any atom is 0.306 e. The van der Waals surface area contributed by atoms with Gasteiger partial charge in [0, 0.05) is 12.6 Å². The molecule has 7 heteroatoms. The molecule has 0 saturated heterocycles. The first kappa shape index (κ1) is 14.8. The molecular weight excluding hydrogens is 276 g/mol. The van der Waals surface area contributed by atoms with Gasteiger partial charge in [-0.15, -0.1) is 0 Å². The molecule has 0 bridgehead atoms. The highest BCUT2D eigenvalue weighted by Crippen LogP contribution is 2.20. The summed E-state index contributed by atoms with van der Waals surface area (Å²) in [6.45, 7) is 2.02. The quantitative estimate of drug-likeness (QED) is 0.757. The van der Waals surface area contributed by atoms with Crippen molar-refractivity contribution in [2.24, 2.45) is 5.92 Å². The third-order valence-corrected chi connectivity index (χ3v) is 3.03. The summed E-state index contributed by atoms with van der Waals surface area (Å²) in [5, 5.41) is 15.1. The number of nitrogens with one attached hydrogen (secondary N) is 1. The fourth-order valence-corrected chi connectivity index (χ4v) is 1.74. The normalized spacial score (nSPS) is 12.0. The number of carboxylic acids is 1. The number of amides is 1. The molecule has 0 aromatic carbocycles. The van der Waals surface area contributed by atoms with Crippen LogP contribution < -0.4 is 5.32 Å². The van der Waals surface area contributed by atoms with Crippen LogP contribution in [-0.2, 0) is 4.79 Å². The smallest absolute Gasteiger partial charge is 0.306 e. The minimum atomic E-state index is -0.832. The number of rotatable bonds is 7. The molecule has 2 aromatic rings. The van der Waals surface area contributed by atoms with E-state index in [9.17, 15) is 9.59 Å². The van der Waals surface area contributed by atoms with E-state index in [1.807, 2.05) is 0 Å². The molecule has 2 heterocycles. The van der Waals surface area contributed by atoms with Gasteiger partial charge in [-0.2, -0.15) is 0 Å². The van der Waals surface area contributed by atoms with E-state index in [1.54, 1.807) is 19.1 Å². The summed E-state index contributed by atoms with van der Waals surface area (Å²) in [5.74, 6) is -0.735. The number of carbonyl (C=O) groups is 2. The second-order valence-electron chi connectivity index (χ2n) is 4.69. The molecule has 1 atom stereocenters. The van der Waals surface area contributed by atoms with Gasteiger partial charge in [-0.1, -0.05) is 12.1 Å². The van der Waals surface area contributed by atoms with Gasteiger partial charge in [0.25, 0.3) is 5.91 Å². The van der Waals surface area contributed by atoms with Crippen molar-refractivity contribution in [3.05, 3.63) is 30.2 Å². The lowest BCUT2D eigenvalue weighted by Crippen LogP contribution is -2.25. The van der Waals surface area contributed by atoms with Gasteiger partial charge in [0.2, 0.25) is 5.76 Å². The van der Waals surface area contributed by atoms with Crippen LogP contribution in [0.25, 0.3) is 11.5 Å². The zero-order chi connectivity index (χ0) is 15.2. The lowest BCUT2D eigenvalue weighted by atomic mass is 10.1. The number of aliphatic carboxylic acids is 1. The number of carbonyl (C=O) groups excluding carboxylic acids is 1. The Morgan fingerprint density at radius 1 is 1.43 bits per heavy atom. The predicted molar refractivity (Wildman–Crippen MR) is 72.6 cm³/mol. The average molecular weight is 292 g/mol. The summed E-state index contributed by atoms with van der Waals surface area (Å²) in [6, 6.07) is 4.91. The summed E-state index contributed by atoms with van der Waals surface area (Å²) >= 11 is 0. The molecule has 0 spiro atoms. The molecule has 2 N–H and O–H groups in total. The predicted octanol–water partition coefficient (Wildman–Crippen LogP) is 2.17. The van der Waals surface area contributed by atoms with Crippen LogP contribution in [0.15, 0.2) is 33.4 Å². The van der Waals surface area contributed by atoms with Crippen molar-refractivity contribution in [3.63, 3.8) is 0 Å². The second kappa shape index (κ2) is 6.74. The minimum absolute atomic E-state index is 0.160. The van der Waals surface area contributed by atoms with Crippen LogP contribution in [0, 0.1) is 5.92 Å². The molecular formula is C14H16N2O5. The Bertz CT molecular complexity index is 603. The van der Waals surface area contributed by atoms with Crippen molar-refractivity contribution < 1.29 is 23.6 Å². The topological polar surface area (TPSA) is 106 Å². The van der Waals surface area contributed by atoms with E-state index in [0.29, 0.717) is 30.9 Å². The van der Waals surface area contributed by atoms with Crippen LogP contribution >= 0.6 is 0 Å². The summed E-state index contributed by atoms with van der Waals surface area (Å²) in [5.41, 5.74) is 0.160. The third kappa shape index (κ3) is 3.95. The molecule has 1 unspecified atom stereocenters. The van der Waals surface area contributed by atoms with E-state index in [-0.39, 0.29) is 11.6 Å². The maximum absolute atomic E-state index is 11.8. The first-order valence-corrected chi connectivity index (χ1v) is 6.59. The van der Waals surface area contributed by atoms with Gasteiger partial charge in [0.1, 0.15) is 0 Å². The van der Waals surface area contributed by atoms with Crippen molar-refractivity contribution in [2.75, 3.05) is 6.54 Å². The minimum Gasteiger partial charge on any atom is -0.481 e. The highest BCUT2D eigenvalue weighted by Gasteiger charge is 2.15. The van der Waals surface area contributed by atoms with Crippen LogP contribution in [0.3, 0.4) is 0 Å². The Hall–Kier alpha value is -2.57. The summed E-state index contributed by atoms with van der Waals surface area (Å²) in [4.78, 5) is 22.5. The molecule has 0 saturated carbocycles. The van der Waals surface area contributed by atoms with E-state index < -0.39 is 11.9 Å². The number of carboxylic acid groups (broad SMARTS) is 1. The van der Waals surface area contributed by atoms with E-state index in [2.05, 4.69) is 10.5 Å². The molecule has 112 valence electrons. The molecule has 7 nitrogen and oxygen atoms in total. The lowest BCUT2D eigenvalue weighted by molar-refractivity contribution is -0.141. The standard InChI is InChI=1S/C14H16N2O5/c1-9(14(18)19)4-2-6-15-13(17)10-8-12(21-16-10)11-5-3-7-20-11/h3,5,7-9H,2,4,6H2,1H3,(H,15,17)(H,18,19). The molecule has 0 aliphatic carbocycles. The van der Waals surface area contributed by atoms with Gasteiger partial charge in [-0.3, -0.25) is 9.59 Å². The molecule has 2 aromatic heterocycles. The van der Waals surface area contributed by atoms with Crippen molar-refractivity contribution in [1.29, 1.82) is 0 Å². The molecule has 2 rings (SSSR count).